The fourth-order valence-corrected chi connectivity index (χ4v) is 2.00. The lowest BCUT2D eigenvalue weighted by Crippen LogP contribution is -2.31. The van der Waals surface area contributed by atoms with E-state index in [9.17, 15) is 5.11 Å². The lowest BCUT2D eigenvalue weighted by atomic mass is 10.2. The third kappa shape index (κ3) is 6.42. The van der Waals surface area contributed by atoms with Crippen molar-refractivity contribution in [3.63, 3.8) is 0 Å². The van der Waals surface area contributed by atoms with Crippen molar-refractivity contribution in [1.82, 2.24) is 4.98 Å². The first-order chi connectivity index (χ1) is 10.2. The summed E-state index contributed by atoms with van der Waals surface area (Å²) in [5.41, 5.74) is 1.75. The minimum atomic E-state index is -0.487. The second-order valence-electron chi connectivity index (χ2n) is 4.75. The second-order valence-corrected chi connectivity index (χ2v) is 4.75. The van der Waals surface area contributed by atoms with Crippen LogP contribution in [0.5, 0.6) is 0 Å². The Bertz CT molecular complexity index is 360. The molecule has 0 unspecified atom stereocenters. The van der Waals surface area contributed by atoms with Crippen molar-refractivity contribution in [2.24, 2.45) is 0 Å². The van der Waals surface area contributed by atoms with E-state index in [0.29, 0.717) is 19.6 Å². The molecule has 0 aliphatic heterocycles. The van der Waals surface area contributed by atoms with Gasteiger partial charge in [0, 0.05) is 26.3 Å². The van der Waals surface area contributed by atoms with E-state index in [1.54, 1.807) is 0 Å². The van der Waals surface area contributed by atoms with Crippen LogP contribution in [0.1, 0.15) is 39.0 Å². The van der Waals surface area contributed by atoms with E-state index in [0.717, 1.165) is 37.7 Å². The van der Waals surface area contributed by atoms with Gasteiger partial charge >= 0.3 is 0 Å². The molecule has 0 spiro atoms. The quantitative estimate of drug-likeness (QED) is 0.636. The average molecular weight is 296 g/mol. The van der Waals surface area contributed by atoms with Crippen LogP contribution >= 0.6 is 0 Å². The van der Waals surface area contributed by atoms with E-state index in [4.69, 9.17) is 9.47 Å². The maximum atomic E-state index is 9.79. The molecular formula is C16H28N2O3. The van der Waals surface area contributed by atoms with Gasteiger partial charge in [-0.25, -0.2) is 0 Å². The highest BCUT2D eigenvalue weighted by Gasteiger charge is 2.10. The molecule has 0 fully saturated rings. The molecule has 120 valence electrons. The molecule has 1 N–H and O–H groups in total. The number of anilines is 1. The lowest BCUT2D eigenvalue weighted by molar-refractivity contribution is 0.141. The van der Waals surface area contributed by atoms with Crippen molar-refractivity contribution in [1.29, 1.82) is 0 Å². The molecule has 0 amide bonds. The van der Waals surface area contributed by atoms with Gasteiger partial charge in [0.2, 0.25) is 0 Å². The van der Waals surface area contributed by atoms with E-state index in [1.165, 1.54) is 0 Å². The summed E-state index contributed by atoms with van der Waals surface area (Å²) in [5.74, 6) is 0. The van der Waals surface area contributed by atoms with Crippen molar-refractivity contribution in [2.75, 3.05) is 44.4 Å². The summed E-state index contributed by atoms with van der Waals surface area (Å²) in [6.45, 7) is 10.3. The van der Waals surface area contributed by atoms with Crippen LogP contribution in [0.3, 0.4) is 0 Å². The van der Waals surface area contributed by atoms with Gasteiger partial charge in [0.1, 0.15) is 0 Å². The maximum absolute atomic E-state index is 9.79. The van der Waals surface area contributed by atoms with E-state index in [-0.39, 0.29) is 0 Å². The molecule has 0 aromatic carbocycles. The molecule has 1 aromatic rings. The molecule has 1 rings (SSSR count). The minimum Gasteiger partial charge on any atom is -0.387 e. The summed E-state index contributed by atoms with van der Waals surface area (Å²) in [6.07, 6.45) is 2.00. The number of hydrogen-bond acceptors (Lipinski definition) is 5. The number of aliphatic hydroxyl groups is 1. The smallest absolute Gasteiger partial charge is 0.0957 e. The van der Waals surface area contributed by atoms with Crippen LogP contribution in [0.15, 0.2) is 18.3 Å². The van der Waals surface area contributed by atoms with Crippen LogP contribution in [-0.2, 0) is 9.47 Å². The molecule has 1 atom stereocenters. The van der Waals surface area contributed by atoms with Gasteiger partial charge < -0.3 is 19.5 Å². The van der Waals surface area contributed by atoms with Gasteiger partial charge in [-0.05, 0) is 32.4 Å². The summed E-state index contributed by atoms with van der Waals surface area (Å²) in [4.78, 5) is 6.55. The van der Waals surface area contributed by atoms with Gasteiger partial charge in [-0.1, -0.05) is 6.92 Å². The topological polar surface area (TPSA) is 54.8 Å². The van der Waals surface area contributed by atoms with E-state index >= 15 is 0 Å². The van der Waals surface area contributed by atoms with E-state index in [1.807, 2.05) is 39.1 Å². The highest BCUT2D eigenvalue weighted by atomic mass is 16.5. The number of pyridine rings is 1. The Morgan fingerprint density at radius 2 is 1.71 bits per heavy atom. The van der Waals surface area contributed by atoms with Gasteiger partial charge in [0.05, 0.1) is 36.9 Å². The molecule has 0 saturated carbocycles. The van der Waals surface area contributed by atoms with Crippen LogP contribution in [0.2, 0.25) is 0 Å². The standard InChI is InChI=1S/C16H28N2O3/c1-4-16(19)15-8-7-14(13-17-15)18(9-11-20-5-2)10-12-21-6-3/h7-8,13,16,19H,4-6,9-12H2,1-3H3/t16-/m1/s1. The molecule has 1 heterocycles. The summed E-state index contributed by atoms with van der Waals surface area (Å²) in [7, 11) is 0. The van der Waals surface area contributed by atoms with Gasteiger partial charge in [-0.2, -0.15) is 0 Å². The molecule has 5 nitrogen and oxygen atoms in total. The third-order valence-corrected chi connectivity index (χ3v) is 3.28. The molecular weight excluding hydrogens is 268 g/mol. The first kappa shape index (κ1) is 17.9. The molecule has 0 saturated heterocycles. The van der Waals surface area contributed by atoms with Gasteiger partial charge in [-0.15, -0.1) is 0 Å². The van der Waals surface area contributed by atoms with Crippen molar-refractivity contribution in [3.05, 3.63) is 24.0 Å². The molecule has 0 radical (unpaired) electrons. The van der Waals surface area contributed by atoms with Crippen LogP contribution in [-0.4, -0.2) is 49.6 Å². The largest absolute Gasteiger partial charge is 0.387 e. The first-order valence-corrected chi connectivity index (χ1v) is 7.77. The third-order valence-electron chi connectivity index (χ3n) is 3.28. The zero-order valence-electron chi connectivity index (χ0n) is 13.4. The van der Waals surface area contributed by atoms with E-state index < -0.39 is 6.10 Å². The Morgan fingerprint density at radius 1 is 1.10 bits per heavy atom. The zero-order valence-corrected chi connectivity index (χ0v) is 13.4. The monoisotopic (exact) mass is 296 g/mol. The van der Waals surface area contributed by atoms with Gasteiger partial charge in [0.15, 0.2) is 0 Å². The molecule has 21 heavy (non-hydrogen) atoms. The predicted molar refractivity (Wildman–Crippen MR) is 84.7 cm³/mol. The molecule has 1 aromatic heterocycles. The van der Waals surface area contributed by atoms with Crippen LogP contribution < -0.4 is 4.90 Å². The van der Waals surface area contributed by atoms with Crippen LogP contribution in [0, 0.1) is 0 Å². The Kier molecular flexibility index (Phi) is 8.98. The lowest BCUT2D eigenvalue weighted by Gasteiger charge is -2.24. The number of aromatic nitrogens is 1. The average Bonchev–Trinajstić information content (AvgIpc) is 2.53. The summed E-state index contributed by atoms with van der Waals surface area (Å²) in [5, 5.41) is 9.79. The van der Waals surface area contributed by atoms with Crippen molar-refractivity contribution < 1.29 is 14.6 Å². The second kappa shape index (κ2) is 10.5. The normalized spacial score (nSPS) is 12.4. The predicted octanol–water partition coefficient (Wildman–Crippen LogP) is 2.40. The first-order valence-electron chi connectivity index (χ1n) is 7.77. The SMILES string of the molecule is CCOCCN(CCOCC)c1ccc([C@H](O)CC)nc1. The Balaban J connectivity index is 2.66. The fraction of sp³-hybridized carbons (Fsp3) is 0.688. The highest BCUT2D eigenvalue weighted by Crippen LogP contribution is 2.18. The summed E-state index contributed by atoms with van der Waals surface area (Å²) >= 11 is 0. The Morgan fingerprint density at radius 3 is 2.14 bits per heavy atom. The number of aliphatic hydroxyl groups excluding tert-OH is 1. The summed E-state index contributed by atoms with van der Waals surface area (Å²) < 4.78 is 10.9. The van der Waals surface area contributed by atoms with E-state index in [2.05, 4.69) is 9.88 Å². The van der Waals surface area contributed by atoms with Crippen molar-refractivity contribution >= 4 is 5.69 Å². The Hall–Kier alpha value is -1.17. The summed E-state index contributed by atoms with van der Waals surface area (Å²) in [6, 6.07) is 3.89. The van der Waals surface area contributed by atoms with Crippen molar-refractivity contribution in [2.45, 2.75) is 33.3 Å². The van der Waals surface area contributed by atoms with Crippen LogP contribution in [0.25, 0.3) is 0 Å². The fourth-order valence-electron chi connectivity index (χ4n) is 2.00. The molecule has 5 heteroatoms. The Labute approximate surface area is 127 Å². The highest BCUT2D eigenvalue weighted by molar-refractivity contribution is 5.44. The number of ether oxygens (including phenoxy) is 2. The minimum absolute atomic E-state index is 0.487. The molecule has 0 aliphatic carbocycles. The number of rotatable bonds is 11. The van der Waals surface area contributed by atoms with Crippen LogP contribution in [0.4, 0.5) is 5.69 Å². The molecule has 0 bridgehead atoms. The number of hydrogen-bond donors (Lipinski definition) is 1. The zero-order chi connectivity index (χ0) is 15.5. The van der Waals surface area contributed by atoms with Gasteiger partial charge in [0.25, 0.3) is 0 Å². The van der Waals surface area contributed by atoms with Gasteiger partial charge in [-0.3, -0.25) is 4.98 Å². The number of nitrogens with zero attached hydrogens (tertiary/aromatic N) is 2. The van der Waals surface area contributed by atoms with Crippen molar-refractivity contribution in [3.8, 4) is 0 Å². The maximum Gasteiger partial charge on any atom is 0.0957 e. The molecule has 0 aliphatic rings.